The highest BCUT2D eigenvalue weighted by Crippen LogP contribution is 2.25. The summed E-state index contributed by atoms with van der Waals surface area (Å²) in [6.45, 7) is 3.65. The quantitative estimate of drug-likeness (QED) is 0.619. The van der Waals surface area contributed by atoms with Gasteiger partial charge in [-0.05, 0) is 42.5 Å². The number of halogens is 2. The van der Waals surface area contributed by atoms with Crippen LogP contribution in [-0.2, 0) is 17.6 Å². The lowest BCUT2D eigenvalue weighted by molar-refractivity contribution is -0.118. The number of aryl methyl sites for hydroxylation is 2. The van der Waals surface area contributed by atoms with Crippen molar-refractivity contribution >= 4 is 22.5 Å². The number of benzene rings is 2. The van der Waals surface area contributed by atoms with E-state index in [0.29, 0.717) is 18.4 Å². The summed E-state index contributed by atoms with van der Waals surface area (Å²) < 4.78 is 27.3. The molecule has 0 aliphatic rings. The van der Waals surface area contributed by atoms with Crippen LogP contribution in [0.1, 0.15) is 25.1 Å². The van der Waals surface area contributed by atoms with Gasteiger partial charge in [-0.3, -0.25) is 9.89 Å². The number of aromatic nitrogens is 2. The summed E-state index contributed by atoms with van der Waals surface area (Å²) in [5.74, 6) is -1.33. The molecule has 0 bridgehead atoms. The molecule has 2 aromatic carbocycles. The first kappa shape index (κ1) is 19.0. The van der Waals surface area contributed by atoms with E-state index in [0.717, 1.165) is 16.6 Å². The average Bonchev–Trinajstić information content (AvgIpc) is 3.02. The lowest BCUT2D eigenvalue weighted by Gasteiger charge is -2.15. The number of fused-ring (bicyclic) bond motifs is 1. The number of amides is 1. The highest BCUT2D eigenvalue weighted by Gasteiger charge is 2.19. The van der Waals surface area contributed by atoms with E-state index in [1.807, 2.05) is 13.8 Å². The smallest absolute Gasteiger partial charge is 0.241 e. The number of aromatic amines is 1. The van der Waals surface area contributed by atoms with Crippen LogP contribution < -0.4 is 11.1 Å². The van der Waals surface area contributed by atoms with Gasteiger partial charge in [0, 0.05) is 17.1 Å². The molecule has 5 nitrogen and oxygen atoms in total. The summed E-state index contributed by atoms with van der Waals surface area (Å²) >= 11 is 0. The maximum atomic E-state index is 14.3. The van der Waals surface area contributed by atoms with Crippen LogP contribution in [0.3, 0.4) is 0 Å². The SMILES string of the molecule is CC(C)C(N)C(=O)Nc1cc2c(CCc3ccc(F)cc3)[nH]nc2cc1F. The Hall–Kier alpha value is -2.80. The first-order valence-corrected chi connectivity index (χ1v) is 8.82. The molecule has 3 rings (SSSR count). The third-order valence-corrected chi connectivity index (χ3v) is 4.58. The Morgan fingerprint density at radius 3 is 2.56 bits per heavy atom. The second-order valence-corrected chi connectivity index (χ2v) is 6.94. The van der Waals surface area contributed by atoms with E-state index in [4.69, 9.17) is 5.73 Å². The van der Waals surface area contributed by atoms with E-state index in [2.05, 4.69) is 15.5 Å². The number of nitrogens with two attached hydrogens (primary N) is 1. The van der Waals surface area contributed by atoms with Crippen molar-refractivity contribution in [1.82, 2.24) is 10.2 Å². The van der Waals surface area contributed by atoms with E-state index in [-0.39, 0.29) is 17.4 Å². The fraction of sp³-hybridized carbons (Fsp3) is 0.300. The van der Waals surface area contributed by atoms with Crippen molar-refractivity contribution in [2.75, 3.05) is 5.32 Å². The molecule has 27 heavy (non-hydrogen) atoms. The van der Waals surface area contributed by atoms with Crippen molar-refractivity contribution in [2.45, 2.75) is 32.7 Å². The van der Waals surface area contributed by atoms with Gasteiger partial charge in [-0.2, -0.15) is 5.10 Å². The number of carbonyl (C=O) groups is 1. The van der Waals surface area contributed by atoms with Crippen molar-refractivity contribution in [1.29, 1.82) is 0 Å². The maximum absolute atomic E-state index is 14.3. The van der Waals surface area contributed by atoms with Crippen LogP contribution in [0.15, 0.2) is 36.4 Å². The number of nitrogens with one attached hydrogen (secondary N) is 2. The number of nitrogens with zero attached hydrogens (tertiary/aromatic N) is 1. The third-order valence-electron chi connectivity index (χ3n) is 4.58. The summed E-state index contributed by atoms with van der Waals surface area (Å²) in [7, 11) is 0. The molecular weight excluding hydrogens is 350 g/mol. The Kier molecular flexibility index (Phi) is 5.51. The third kappa shape index (κ3) is 4.31. The Bertz CT molecular complexity index is 951. The zero-order valence-corrected chi connectivity index (χ0v) is 15.2. The molecule has 0 aliphatic heterocycles. The fourth-order valence-electron chi connectivity index (χ4n) is 2.81. The Labute approximate surface area is 156 Å². The van der Waals surface area contributed by atoms with Crippen molar-refractivity contribution in [3.05, 3.63) is 59.3 Å². The Morgan fingerprint density at radius 1 is 1.19 bits per heavy atom. The molecule has 4 N–H and O–H groups in total. The molecule has 1 heterocycles. The zero-order chi connectivity index (χ0) is 19.6. The normalized spacial score (nSPS) is 12.5. The lowest BCUT2D eigenvalue weighted by atomic mass is 10.0. The van der Waals surface area contributed by atoms with Gasteiger partial charge in [0.1, 0.15) is 11.6 Å². The molecule has 142 valence electrons. The number of rotatable bonds is 6. The van der Waals surface area contributed by atoms with Gasteiger partial charge in [0.25, 0.3) is 0 Å². The van der Waals surface area contributed by atoms with E-state index < -0.39 is 17.8 Å². The van der Waals surface area contributed by atoms with Gasteiger partial charge in [0.2, 0.25) is 5.91 Å². The lowest BCUT2D eigenvalue weighted by Crippen LogP contribution is -2.39. The molecule has 7 heteroatoms. The minimum absolute atomic E-state index is 0.0583. The summed E-state index contributed by atoms with van der Waals surface area (Å²) in [4.78, 5) is 12.1. The number of anilines is 1. The van der Waals surface area contributed by atoms with Gasteiger partial charge in [-0.25, -0.2) is 8.78 Å². The summed E-state index contributed by atoms with van der Waals surface area (Å²) in [5, 5.41) is 10.3. The second kappa shape index (κ2) is 7.84. The molecule has 1 amide bonds. The first-order chi connectivity index (χ1) is 12.8. The van der Waals surface area contributed by atoms with E-state index in [1.54, 1.807) is 18.2 Å². The summed E-state index contributed by atoms with van der Waals surface area (Å²) in [6, 6.07) is 8.42. The van der Waals surface area contributed by atoms with Gasteiger partial charge < -0.3 is 11.1 Å². The van der Waals surface area contributed by atoms with Crippen LogP contribution in [0.4, 0.5) is 14.5 Å². The predicted molar refractivity (Wildman–Crippen MR) is 101 cm³/mol. The van der Waals surface area contributed by atoms with Crippen LogP contribution in [0, 0.1) is 17.6 Å². The highest BCUT2D eigenvalue weighted by atomic mass is 19.1. The van der Waals surface area contributed by atoms with E-state index in [1.165, 1.54) is 18.2 Å². The predicted octanol–water partition coefficient (Wildman–Crippen LogP) is 3.55. The highest BCUT2D eigenvalue weighted by molar-refractivity contribution is 5.97. The van der Waals surface area contributed by atoms with Crippen LogP contribution in [0.5, 0.6) is 0 Å². The minimum Gasteiger partial charge on any atom is -0.322 e. The molecule has 1 aromatic heterocycles. The molecule has 1 atom stereocenters. The minimum atomic E-state index is -0.720. The average molecular weight is 372 g/mol. The second-order valence-electron chi connectivity index (χ2n) is 6.94. The molecule has 0 spiro atoms. The monoisotopic (exact) mass is 372 g/mol. The number of hydrogen-bond acceptors (Lipinski definition) is 3. The van der Waals surface area contributed by atoms with Crippen LogP contribution in [-0.4, -0.2) is 22.1 Å². The molecule has 0 fully saturated rings. The van der Waals surface area contributed by atoms with Gasteiger partial charge in [-0.1, -0.05) is 26.0 Å². The Morgan fingerprint density at radius 2 is 1.89 bits per heavy atom. The van der Waals surface area contributed by atoms with Crippen LogP contribution >= 0.6 is 0 Å². The van der Waals surface area contributed by atoms with E-state index in [9.17, 15) is 13.6 Å². The van der Waals surface area contributed by atoms with Crippen molar-refractivity contribution in [3.63, 3.8) is 0 Å². The summed E-state index contributed by atoms with van der Waals surface area (Å²) in [6.07, 6.45) is 1.29. The molecule has 1 unspecified atom stereocenters. The zero-order valence-electron chi connectivity index (χ0n) is 15.2. The van der Waals surface area contributed by atoms with Gasteiger partial charge in [0.15, 0.2) is 0 Å². The summed E-state index contributed by atoms with van der Waals surface area (Å²) in [5.41, 5.74) is 8.18. The molecule has 3 aromatic rings. The van der Waals surface area contributed by atoms with E-state index >= 15 is 0 Å². The molecular formula is C20H22F2N4O. The van der Waals surface area contributed by atoms with Gasteiger partial charge in [-0.15, -0.1) is 0 Å². The number of carbonyl (C=O) groups excluding carboxylic acids is 1. The topological polar surface area (TPSA) is 83.8 Å². The van der Waals surface area contributed by atoms with Crippen molar-refractivity contribution < 1.29 is 13.6 Å². The van der Waals surface area contributed by atoms with Crippen LogP contribution in [0.25, 0.3) is 10.9 Å². The van der Waals surface area contributed by atoms with Gasteiger partial charge in [0.05, 0.1) is 17.2 Å². The van der Waals surface area contributed by atoms with Crippen LogP contribution in [0.2, 0.25) is 0 Å². The number of H-pyrrole nitrogens is 1. The fourth-order valence-corrected chi connectivity index (χ4v) is 2.81. The molecule has 0 saturated heterocycles. The molecule has 0 radical (unpaired) electrons. The van der Waals surface area contributed by atoms with Gasteiger partial charge >= 0.3 is 0 Å². The van der Waals surface area contributed by atoms with Crippen molar-refractivity contribution in [3.8, 4) is 0 Å². The van der Waals surface area contributed by atoms with Crippen molar-refractivity contribution in [2.24, 2.45) is 11.7 Å². The molecule has 0 saturated carbocycles. The molecule has 0 aliphatic carbocycles. The first-order valence-electron chi connectivity index (χ1n) is 8.82. The largest absolute Gasteiger partial charge is 0.322 e. The maximum Gasteiger partial charge on any atom is 0.241 e. The Balaban J connectivity index is 1.81. The number of hydrogen-bond donors (Lipinski definition) is 3. The standard InChI is InChI=1S/C20H22F2N4O/c1-11(2)19(23)20(27)24-18-9-14-16(25-26-17(14)10-15(18)22)8-5-12-3-6-13(21)7-4-12/h3-4,6-7,9-11,19H,5,8,23H2,1-2H3,(H,24,27)(H,25,26).